The van der Waals surface area contributed by atoms with Crippen molar-refractivity contribution in [3.8, 4) is 5.75 Å². The molecule has 1 aromatic carbocycles. The predicted octanol–water partition coefficient (Wildman–Crippen LogP) is 2.71. The van der Waals surface area contributed by atoms with Gasteiger partial charge < -0.3 is 9.47 Å². The van der Waals surface area contributed by atoms with Crippen molar-refractivity contribution in [1.29, 1.82) is 0 Å². The van der Waals surface area contributed by atoms with E-state index in [4.69, 9.17) is 4.74 Å². The Morgan fingerprint density at radius 1 is 1.30 bits per heavy atom. The van der Waals surface area contributed by atoms with Crippen molar-refractivity contribution in [1.82, 2.24) is 0 Å². The van der Waals surface area contributed by atoms with Crippen molar-refractivity contribution in [2.24, 2.45) is 0 Å². The highest BCUT2D eigenvalue weighted by Gasteiger charge is 2.18. The SMILES string of the molecule is CCOC(=O)C(=O)c1ccc(OC2CCCSC2)cc1. The van der Waals surface area contributed by atoms with Crippen molar-refractivity contribution in [3.63, 3.8) is 0 Å². The fourth-order valence-corrected chi connectivity index (χ4v) is 3.03. The van der Waals surface area contributed by atoms with E-state index in [1.807, 2.05) is 11.8 Å². The maximum absolute atomic E-state index is 11.7. The van der Waals surface area contributed by atoms with Crippen molar-refractivity contribution in [2.75, 3.05) is 18.1 Å². The van der Waals surface area contributed by atoms with E-state index in [1.54, 1.807) is 31.2 Å². The summed E-state index contributed by atoms with van der Waals surface area (Å²) in [4.78, 5) is 23.1. The van der Waals surface area contributed by atoms with Crippen LogP contribution < -0.4 is 4.74 Å². The molecule has 0 radical (unpaired) electrons. The molecule has 1 fully saturated rings. The topological polar surface area (TPSA) is 52.6 Å². The molecule has 2 rings (SSSR count). The molecule has 0 aliphatic carbocycles. The number of esters is 1. The van der Waals surface area contributed by atoms with Crippen LogP contribution in [0.5, 0.6) is 5.75 Å². The summed E-state index contributed by atoms with van der Waals surface area (Å²) >= 11 is 1.90. The molecule has 1 unspecified atom stereocenters. The number of rotatable bonds is 5. The second-order valence-electron chi connectivity index (χ2n) is 4.53. The first-order chi connectivity index (χ1) is 9.70. The van der Waals surface area contributed by atoms with Gasteiger partial charge in [-0.3, -0.25) is 4.79 Å². The Labute approximate surface area is 122 Å². The van der Waals surface area contributed by atoms with E-state index in [0.717, 1.165) is 17.9 Å². The Kier molecular flexibility index (Phi) is 5.47. The first-order valence-corrected chi connectivity index (χ1v) is 7.92. The second-order valence-corrected chi connectivity index (χ2v) is 5.68. The molecule has 5 heteroatoms. The van der Waals surface area contributed by atoms with Crippen molar-refractivity contribution in [3.05, 3.63) is 29.8 Å². The van der Waals surface area contributed by atoms with Gasteiger partial charge in [-0.25, -0.2) is 4.79 Å². The zero-order chi connectivity index (χ0) is 14.4. The van der Waals surface area contributed by atoms with Crippen LogP contribution in [-0.2, 0) is 9.53 Å². The lowest BCUT2D eigenvalue weighted by Crippen LogP contribution is -2.23. The Bertz CT molecular complexity index is 463. The van der Waals surface area contributed by atoms with Gasteiger partial charge in [0.1, 0.15) is 11.9 Å². The zero-order valence-corrected chi connectivity index (χ0v) is 12.3. The Morgan fingerprint density at radius 3 is 2.65 bits per heavy atom. The Hall–Kier alpha value is -1.49. The molecule has 0 saturated carbocycles. The summed E-state index contributed by atoms with van der Waals surface area (Å²) in [5.74, 6) is 1.51. The van der Waals surface area contributed by atoms with Crippen LogP contribution in [0.4, 0.5) is 0 Å². The van der Waals surface area contributed by atoms with Crippen LogP contribution in [0, 0.1) is 0 Å². The van der Waals surface area contributed by atoms with Gasteiger partial charge in [0.15, 0.2) is 0 Å². The third-order valence-electron chi connectivity index (χ3n) is 3.00. The maximum atomic E-state index is 11.7. The number of ketones is 1. The van der Waals surface area contributed by atoms with Crippen LogP contribution in [0.25, 0.3) is 0 Å². The van der Waals surface area contributed by atoms with E-state index in [2.05, 4.69) is 4.74 Å². The molecule has 4 nitrogen and oxygen atoms in total. The molecule has 1 atom stereocenters. The minimum Gasteiger partial charge on any atom is -0.490 e. The lowest BCUT2D eigenvalue weighted by molar-refractivity contribution is -0.137. The number of benzene rings is 1. The predicted molar refractivity (Wildman–Crippen MR) is 78.4 cm³/mol. The van der Waals surface area contributed by atoms with E-state index in [0.29, 0.717) is 5.56 Å². The van der Waals surface area contributed by atoms with Crippen LogP contribution in [0.15, 0.2) is 24.3 Å². The molecule has 20 heavy (non-hydrogen) atoms. The number of carbonyl (C=O) groups excluding carboxylic acids is 2. The van der Waals surface area contributed by atoms with Crippen LogP contribution in [-0.4, -0.2) is 36.0 Å². The molecule has 1 aromatic rings. The summed E-state index contributed by atoms with van der Waals surface area (Å²) in [6.45, 7) is 1.87. The number of Topliss-reactive ketones (excluding diaryl/α,β-unsaturated/α-hetero) is 1. The molecule has 1 aliphatic rings. The van der Waals surface area contributed by atoms with Crippen LogP contribution >= 0.6 is 11.8 Å². The first kappa shape index (κ1) is 14.9. The average Bonchev–Trinajstić information content (AvgIpc) is 2.48. The molecule has 0 bridgehead atoms. The van der Waals surface area contributed by atoms with Gasteiger partial charge in [-0.15, -0.1) is 0 Å². The van der Waals surface area contributed by atoms with Crippen molar-refractivity contribution in [2.45, 2.75) is 25.9 Å². The van der Waals surface area contributed by atoms with E-state index >= 15 is 0 Å². The number of thioether (sulfide) groups is 1. The zero-order valence-electron chi connectivity index (χ0n) is 11.5. The van der Waals surface area contributed by atoms with Gasteiger partial charge >= 0.3 is 5.97 Å². The molecule has 0 aromatic heterocycles. The van der Waals surface area contributed by atoms with Gasteiger partial charge in [-0.1, -0.05) is 0 Å². The standard InChI is InChI=1S/C15H18O4S/c1-2-18-15(17)14(16)11-5-7-12(8-6-11)19-13-4-3-9-20-10-13/h5-8,13H,2-4,9-10H2,1H3. The third-order valence-corrected chi connectivity index (χ3v) is 4.18. The largest absolute Gasteiger partial charge is 0.490 e. The second kappa shape index (κ2) is 7.33. The lowest BCUT2D eigenvalue weighted by atomic mass is 10.1. The highest BCUT2D eigenvalue weighted by atomic mass is 32.2. The molecular weight excluding hydrogens is 276 g/mol. The first-order valence-electron chi connectivity index (χ1n) is 6.76. The smallest absolute Gasteiger partial charge is 0.379 e. The van der Waals surface area contributed by atoms with E-state index < -0.39 is 11.8 Å². The molecule has 0 spiro atoms. The molecule has 108 valence electrons. The van der Waals surface area contributed by atoms with Gasteiger partial charge in [0.25, 0.3) is 5.78 Å². The van der Waals surface area contributed by atoms with Crippen molar-refractivity contribution >= 4 is 23.5 Å². The average molecular weight is 294 g/mol. The van der Waals surface area contributed by atoms with Crippen molar-refractivity contribution < 1.29 is 19.1 Å². The highest BCUT2D eigenvalue weighted by molar-refractivity contribution is 7.99. The summed E-state index contributed by atoms with van der Waals surface area (Å²) in [7, 11) is 0. The fourth-order valence-electron chi connectivity index (χ4n) is 2.00. The summed E-state index contributed by atoms with van der Waals surface area (Å²) < 4.78 is 10.5. The molecule has 0 amide bonds. The van der Waals surface area contributed by atoms with Crippen LogP contribution in [0.3, 0.4) is 0 Å². The van der Waals surface area contributed by atoms with Gasteiger partial charge in [0, 0.05) is 11.3 Å². The molecule has 1 heterocycles. The normalized spacial score (nSPS) is 18.4. The van der Waals surface area contributed by atoms with Gasteiger partial charge in [-0.05, 0) is 49.8 Å². The van der Waals surface area contributed by atoms with Gasteiger partial charge in [-0.2, -0.15) is 11.8 Å². The Morgan fingerprint density at radius 2 is 2.05 bits per heavy atom. The minimum absolute atomic E-state index is 0.200. The van der Waals surface area contributed by atoms with Gasteiger partial charge in [0.05, 0.1) is 6.61 Å². The quantitative estimate of drug-likeness (QED) is 0.475. The summed E-state index contributed by atoms with van der Waals surface area (Å²) in [6, 6.07) is 6.66. The molecule has 0 N–H and O–H groups in total. The number of carbonyl (C=O) groups is 2. The summed E-state index contributed by atoms with van der Waals surface area (Å²) in [5.41, 5.74) is 0.328. The number of hydrogen-bond donors (Lipinski definition) is 0. The lowest BCUT2D eigenvalue weighted by Gasteiger charge is -2.22. The molecule has 1 aliphatic heterocycles. The van der Waals surface area contributed by atoms with E-state index in [9.17, 15) is 9.59 Å². The summed E-state index contributed by atoms with van der Waals surface area (Å²) in [5, 5.41) is 0. The minimum atomic E-state index is -0.815. The highest BCUT2D eigenvalue weighted by Crippen LogP contribution is 2.22. The van der Waals surface area contributed by atoms with Crippen LogP contribution in [0.1, 0.15) is 30.1 Å². The Balaban J connectivity index is 1.95. The molecular formula is C15H18O4S. The van der Waals surface area contributed by atoms with Crippen LogP contribution in [0.2, 0.25) is 0 Å². The monoisotopic (exact) mass is 294 g/mol. The molecule has 1 saturated heterocycles. The fraction of sp³-hybridized carbons (Fsp3) is 0.467. The number of ether oxygens (including phenoxy) is 2. The number of hydrogen-bond acceptors (Lipinski definition) is 5. The third kappa shape index (κ3) is 4.00. The summed E-state index contributed by atoms with van der Waals surface area (Å²) in [6.07, 6.45) is 2.48. The maximum Gasteiger partial charge on any atom is 0.379 e. The van der Waals surface area contributed by atoms with E-state index in [1.165, 1.54) is 12.2 Å². The van der Waals surface area contributed by atoms with Gasteiger partial charge in [0.2, 0.25) is 0 Å². The van der Waals surface area contributed by atoms with E-state index in [-0.39, 0.29) is 12.7 Å².